The van der Waals surface area contributed by atoms with Crippen LogP contribution in [-0.4, -0.2) is 5.97 Å². The van der Waals surface area contributed by atoms with Gasteiger partial charge in [0.1, 0.15) is 5.75 Å². The fourth-order valence-corrected chi connectivity index (χ4v) is 2.29. The van der Waals surface area contributed by atoms with E-state index < -0.39 is 5.97 Å². The molecule has 0 aromatic heterocycles. The Labute approximate surface area is 113 Å². The SMILES string of the molecule is C=C(C)C(=O)Oc1cc(Br)cc(Br)c1Br. The lowest BCUT2D eigenvalue weighted by molar-refractivity contribution is -0.130. The lowest BCUT2D eigenvalue weighted by Gasteiger charge is -2.08. The maximum atomic E-state index is 11.3. The van der Waals surface area contributed by atoms with Gasteiger partial charge in [-0.05, 0) is 50.9 Å². The Bertz CT molecular complexity index is 427. The largest absolute Gasteiger partial charge is 0.422 e. The number of rotatable bonds is 2. The van der Waals surface area contributed by atoms with Crippen LogP contribution in [0.4, 0.5) is 0 Å². The van der Waals surface area contributed by atoms with Crippen LogP contribution in [0, 0.1) is 0 Å². The molecule has 0 unspecified atom stereocenters. The van der Waals surface area contributed by atoms with Crippen molar-refractivity contribution in [3.63, 3.8) is 0 Å². The van der Waals surface area contributed by atoms with Crippen molar-refractivity contribution in [3.05, 3.63) is 37.7 Å². The fraction of sp³-hybridized carbons (Fsp3) is 0.100. The Kier molecular flexibility index (Phi) is 4.55. The summed E-state index contributed by atoms with van der Waals surface area (Å²) in [5, 5.41) is 0. The van der Waals surface area contributed by atoms with E-state index in [-0.39, 0.29) is 0 Å². The summed E-state index contributed by atoms with van der Waals surface area (Å²) in [4.78, 5) is 11.3. The molecule has 2 nitrogen and oxygen atoms in total. The topological polar surface area (TPSA) is 26.3 Å². The molecular formula is C10H7Br3O2. The van der Waals surface area contributed by atoms with Crippen molar-refractivity contribution in [1.29, 1.82) is 0 Å². The second-order valence-corrected chi connectivity index (χ2v) is 5.43. The molecule has 0 aliphatic rings. The summed E-state index contributed by atoms with van der Waals surface area (Å²) < 4.78 is 7.45. The predicted octanol–water partition coefficient (Wildman–Crippen LogP) is 4.46. The van der Waals surface area contributed by atoms with E-state index in [2.05, 4.69) is 54.4 Å². The number of carbonyl (C=O) groups is 1. The van der Waals surface area contributed by atoms with Gasteiger partial charge in [-0.15, -0.1) is 0 Å². The van der Waals surface area contributed by atoms with Gasteiger partial charge < -0.3 is 4.74 Å². The quantitative estimate of drug-likeness (QED) is 0.318. The van der Waals surface area contributed by atoms with E-state index in [1.54, 1.807) is 13.0 Å². The second kappa shape index (κ2) is 5.27. The summed E-state index contributed by atoms with van der Waals surface area (Å²) in [6.45, 7) is 5.11. The predicted molar refractivity (Wildman–Crippen MR) is 70.0 cm³/mol. The van der Waals surface area contributed by atoms with Gasteiger partial charge in [-0.2, -0.15) is 0 Å². The van der Waals surface area contributed by atoms with Crippen molar-refractivity contribution in [3.8, 4) is 5.75 Å². The van der Waals surface area contributed by atoms with Crippen molar-refractivity contribution in [1.82, 2.24) is 0 Å². The van der Waals surface area contributed by atoms with Gasteiger partial charge in [0, 0.05) is 14.5 Å². The fourth-order valence-electron chi connectivity index (χ4n) is 0.794. The molecule has 0 spiro atoms. The van der Waals surface area contributed by atoms with E-state index in [0.29, 0.717) is 15.8 Å². The third kappa shape index (κ3) is 3.43. The highest BCUT2D eigenvalue weighted by Gasteiger charge is 2.11. The summed E-state index contributed by atoms with van der Waals surface area (Å²) in [5.41, 5.74) is 0.359. The maximum Gasteiger partial charge on any atom is 0.338 e. The molecule has 0 heterocycles. The van der Waals surface area contributed by atoms with Gasteiger partial charge in [-0.1, -0.05) is 22.5 Å². The first-order valence-electron chi connectivity index (χ1n) is 3.94. The number of benzene rings is 1. The third-order valence-corrected chi connectivity index (χ3v) is 3.94. The molecule has 0 saturated carbocycles. The first-order chi connectivity index (χ1) is 6.91. The number of halogens is 3. The molecule has 15 heavy (non-hydrogen) atoms. The second-order valence-electron chi connectivity index (χ2n) is 2.87. The molecule has 5 heteroatoms. The zero-order valence-electron chi connectivity index (χ0n) is 7.81. The lowest BCUT2D eigenvalue weighted by Crippen LogP contribution is -2.08. The summed E-state index contributed by atoms with van der Waals surface area (Å²) in [6, 6.07) is 3.55. The monoisotopic (exact) mass is 396 g/mol. The number of hydrogen-bond donors (Lipinski definition) is 0. The van der Waals surface area contributed by atoms with Crippen LogP contribution in [0.3, 0.4) is 0 Å². The molecule has 1 aromatic rings. The highest BCUT2D eigenvalue weighted by Crippen LogP contribution is 2.36. The molecule has 0 N–H and O–H groups in total. The molecular weight excluding hydrogens is 392 g/mol. The Morgan fingerprint density at radius 2 is 1.93 bits per heavy atom. The van der Waals surface area contributed by atoms with Crippen LogP contribution >= 0.6 is 47.8 Å². The van der Waals surface area contributed by atoms with Crippen LogP contribution in [0.15, 0.2) is 37.7 Å². The van der Waals surface area contributed by atoms with Crippen LogP contribution in [0.2, 0.25) is 0 Å². The molecule has 0 aliphatic heterocycles. The van der Waals surface area contributed by atoms with E-state index in [1.807, 2.05) is 6.07 Å². The van der Waals surface area contributed by atoms with Crippen molar-refractivity contribution in [2.24, 2.45) is 0 Å². The number of ether oxygens (including phenoxy) is 1. The average molecular weight is 399 g/mol. The zero-order chi connectivity index (χ0) is 11.6. The van der Waals surface area contributed by atoms with Crippen molar-refractivity contribution in [2.45, 2.75) is 6.92 Å². The van der Waals surface area contributed by atoms with Crippen molar-refractivity contribution >= 4 is 53.8 Å². The van der Waals surface area contributed by atoms with E-state index in [9.17, 15) is 4.79 Å². The lowest BCUT2D eigenvalue weighted by atomic mass is 10.3. The number of hydrogen-bond acceptors (Lipinski definition) is 2. The first-order valence-corrected chi connectivity index (χ1v) is 6.32. The van der Waals surface area contributed by atoms with E-state index in [4.69, 9.17) is 4.74 Å². The number of esters is 1. The molecule has 0 saturated heterocycles. The van der Waals surface area contributed by atoms with E-state index >= 15 is 0 Å². The summed E-state index contributed by atoms with van der Waals surface area (Å²) in [7, 11) is 0. The highest BCUT2D eigenvalue weighted by molar-refractivity contribution is 9.13. The summed E-state index contributed by atoms with van der Waals surface area (Å²) in [6.07, 6.45) is 0. The molecule has 0 radical (unpaired) electrons. The first kappa shape index (κ1) is 12.9. The molecule has 1 rings (SSSR count). The van der Waals surface area contributed by atoms with Gasteiger partial charge in [-0.3, -0.25) is 0 Å². The minimum Gasteiger partial charge on any atom is -0.422 e. The molecule has 0 fully saturated rings. The normalized spacial score (nSPS) is 9.87. The Morgan fingerprint density at radius 1 is 1.33 bits per heavy atom. The van der Waals surface area contributed by atoms with Gasteiger partial charge in [0.15, 0.2) is 0 Å². The molecule has 0 atom stereocenters. The maximum absolute atomic E-state index is 11.3. The van der Waals surface area contributed by atoms with Crippen LogP contribution in [-0.2, 0) is 4.79 Å². The standard InChI is InChI=1S/C10H7Br3O2/c1-5(2)10(14)15-8-4-6(11)3-7(12)9(8)13/h3-4H,1H2,2H3. The number of carbonyl (C=O) groups excluding carboxylic acids is 1. The minimum absolute atomic E-state index is 0.359. The van der Waals surface area contributed by atoms with Gasteiger partial charge in [0.25, 0.3) is 0 Å². The van der Waals surface area contributed by atoms with Crippen LogP contribution < -0.4 is 4.74 Å². The van der Waals surface area contributed by atoms with Crippen LogP contribution in [0.25, 0.3) is 0 Å². The Hall–Kier alpha value is -0.130. The Balaban J connectivity index is 3.05. The minimum atomic E-state index is -0.444. The van der Waals surface area contributed by atoms with Gasteiger partial charge in [0.2, 0.25) is 0 Å². The van der Waals surface area contributed by atoms with Crippen LogP contribution in [0.5, 0.6) is 5.75 Å². The zero-order valence-corrected chi connectivity index (χ0v) is 12.6. The van der Waals surface area contributed by atoms with Crippen LogP contribution in [0.1, 0.15) is 6.92 Å². The molecule has 80 valence electrons. The van der Waals surface area contributed by atoms with Gasteiger partial charge >= 0.3 is 5.97 Å². The molecule has 0 amide bonds. The highest BCUT2D eigenvalue weighted by atomic mass is 79.9. The van der Waals surface area contributed by atoms with Crippen molar-refractivity contribution in [2.75, 3.05) is 0 Å². The summed E-state index contributed by atoms with van der Waals surface area (Å²) >= 11 is 9.96. The van der Waals surface area contributed by atoms with E-state index in [1.165, 1.54) is 0 Å². The molecule has 0 aliphatic carbocycles. The Morgan fingerprint density at radius 3 is 2.47 bits per heavy atom. The average Bonchev–Trinajstić information content (AvgIpc) is 2.13. The smallest absolute Gasteiger partial charge is 0.338 e. The molecule has 1 aromatic carbocycles. The van der Waals surface area contributed by atoms with Gasteiger partial charge in [-0.25, -0.2) is 4.79 Å². The van der Waals surface area contributed by atoms with Crippen molar-refractivity contribution < 1.29 is 9.53 Å². The third-order valence-electron chi connectivity index (χ3n) is 1.51. The van der Waals surface area contributed by atoms with Gasteiger partial charge in [0.05, 0.1) is 4.47 Å². The summed E-state index contributed by atoms with van der Waals surface area (Å²) in [5.74, 6) is 0.00458. The van der Waals surface area contributed by atoms with E-state index in [0.717, 1.165) is 8.95 Å². The molecule has 0 bridgehead atoms.